The van der Waals surface area contributed by atoms with Gasteiger partial charge in [0, 0.05) is 13.5 Å². The lowest BCUT2D eigenvalue weighted by molar-refractivity contribution is -0.162. The second-order valence-electron chi connectivity index (χ2n) is 11.5. The van der Waals surface area contributed by atoms with Crippen LogP contribution in [0.3, 0.4) is 0 Å². The molecule has 4 saturated carbocycles. The van der Waals surface area contributed by atoms with E-state index in [9.17, 15) is 19.2 Å². The highest BCUT2D eigenvalue weighted by Crippen LogP contribution is 2.60. The lowest BCUT2D eigenvalue weighted by atomic mass is 9.49. The van der Waals surface area contributed by atoms with Gasteiger partial charge in [-0.05, 0) is 86.1 Å². The molecule has 7 heteroatoms. The maximum atomic E-state index is 14.4. The second kappa shape index (κ2) is 9.12. The van der Waals surface area contributed by atoms with Gasteiger partial charge < -0.3 is 9.64 Å². The number of esters is 1. The molecular weight excluding hydrogens is 468 g/mol. The summed E-state index contributed by atoms with van der Waals surface area (Å²) in [7, 11) is 0. The molecule has 2 aromatic rings. The SMILES string of the molecule is CC(=O)Oc1ccc(N2C(=O)CC(N(Cc3ccccc3)C(=O)C34CC5CC(CC(C5)C3)C4)C2=O)cc1. The van der Waals surface area contributed by atoms with Crippen LogP contribution in [0.15, 0.2) is 54.6 Å². The third-order valence-corrected chi connectivity index (χ3v) is 8.80. The van der Waals surface area contributed by atoms with Crippen LogP contribution in [0.5, 0.6) is 5.75 Å². The summed E-state index contributed by atoms with van der Waals surface area (Å²) in [5.74, 6) is 1.04. The highest BCUT2D eigenvalue weighted by Gasteiger charge is 2.57. The topological polar surface area (TPSA) is 84.0 Å². The molecule has 7 rings (SSSR count). The molecule has 1 heterocycles. The van der Waals surface area contributed by atoms with Gasteiger partial charge in [0.25, 0.3) is 5.91 Å². The smallest absolute Gasteiger partial charge is 0.308 e. The van der Waals surface area contributed by atoms with Gasteiger partial charge in [0.1, 0.15) is 11.8 Å². The molecule has 1 unspecified atom stereocenters. The van der Waals surface area contributed by atoms with Crippen molar-refractivity contribution >= 4 is 29.4 Å². The monoisotopic (exact) mass is 500 g/mol. The fourth-order valence-corrected chi connectivity index (χ4v) is 7.74. The molecule has 4 bridgehead atoms. The summed E-state index contributed by atoms with van der Waals surface area (Å²) >= 11 is 0. The van der Waals surface area contributed by atoms with Gasteiger partial charge in [0.15, 0.2) is 0 Å². The number of carbonyl (C=O) groups excluding carboxylic acids is 4. The van der Waals surface area contributed by atoms with Crippen molar-refractivity contribution in [1.29, 1.82) is 0 Å². The molecule has 0 radical (unpaired) electrons. The molecular formula is C30H32N2O5. The minimum absolute atomic E-state index is 0.0323. The fraction of sp³-hybridized carbons (Fsp3) is 0.467. The van der Waals surface area contributed by atoms with Crippen molar-refractivity contribution in [1.82, 2.24) is 4.90 Å². The van der Waals surface area contributed by atoms with E-state index in [4.69, 9.17) is 4.74 Å². The number of imide groups is 1. The molecule has 192 valence electrons. The number of nitrogens with zero attached hydrogens (tertiary/aromatic N) is 2. The van der Waals surface area contributed by atoms with Gasteiger partial charge in [-0.3, -0.25) is 19.2 Å². The molecule has 5 fully saturated rings. The number of hydrogen-bond acceptors (Lipinski definition) is 5. The maximum absolute atomic E-state index is 14.4. The van der Waals surface area contributed by atoms with Crippen molar-refractivity contribution in [3.8, 4) is 5.75 Å². The molecule has 3 amide bonds. The first kappa shape index (κ1) is 23.9. The minimum Gasteiger partial charge on any atom is -0.427 e. The van der Waals surface area contributed by atoms with Crippen molar-refractivity contribution in [3.05, 3.63) is 60.2 Å². The van der Waals surface area contributed by atoms with Crippen LogP contribution in [0, 0.1) is 23.2 Å². The van der Waals surface area contributed by atoms with Crippen molar-refractivity contribution in [2.75, 3.05) is 4.90 Å². The van der Waals surface area contributed by atoms with Crippen LogP contribution in [0.25, 0.3) is 0 Å². The zero-order chi connectivity index (χ0) is 25.7. The zero-order valence-electron chi connectivity index (χ0n) is 21.1. The molecule has 1 atom stereocenters. The normalized spacial score (nSPS) is 30.0. The number of carbonyl (C=O) groups is 4. The van der Waals surface area contributed by atoms with Gasteiger partial charge >= 0.3 is 5.97 Å². The first-order valence-electron chi connectivity index (χ1n) is 13.3. The van der Waals surface area contributed by atoms with Crippen molar-refractivity contribution in [3.63, 3.8) is 0 Å². The Kier molecular flexibility index (Phi) is 5.89. The summed E-state index contributed by atoms with van der Waals surface area (Å²) in [6, 6.07) is 15.2. The predicted octanol–water partition coefficient (Wildman–Crippen LogP) is 4.49. The van der Waals surface area contributed by atoms with Gasteiger partial charge in [0.2, 0.25) is 11.8 Å². The average molecular weight is 501 g/mol. The summed E-state index contributed by atoms with van der Waals surface area (Å²) in [5, 5.41) is 0. The first-order chi connectivity index (χ1) is 17.8. The second-order valence-corrected chi connectivity index (χ2v) is 11.5. The third-order valence-electron chi connectivity index (χ3n) is 8.80. The van der Waals surface area contributed by atoms with Gasteiger partial charge in [0.05, 0.1) is 17.5 Å². The summed E-state index contributed by atoms with van der Waals surface area (Å²) in [6.07, 6.45) is 6.35. The number of amides is 3. The maximum Gasteiger partial charge on any atom is 0.308 e. The molecule has 0 aromatic heterocycles. The van der Waals surface area contributed by atoms with E-state index in [-0.39, 0.29) is 24.1 Å². The molecule has 0 spiro atoms. The van der Waals surface area contributed by atoms with E-state index in [0.717, 1.165) is 24.8 Å². The molecule has 5 aliphatic rings. The fourth-order valence-electron chi connectivity index (χ4n) is 7.74. The molecule has 2 aromatic carbocycles. The Hall–Kier alpha value is -3.48. The minimum atomic E-state index is -0.832. The van der Waals surface area contributed by atoms with Gasteiger partial charge in [-0.15, -0.1) is 0 Å². The number of benzene rings is 2. The number of hydrogen-bond donors (Lipinski definition) is 0. The van der Waals surface area contributed by atoms with E-state index in [1.165, 1.54) is 31.1 Å². The van der Waals surface area contributed by atoms with Crippen LogP contribution in [-0.4, -0.2) is 34.6 Å². The Morgan fingerprint density at radius 1 is 0.919 bits per heavy atom. The summed E-state index contributed by atoms with van der Waals surface area (Å²) in [4.78, 5) is 55.5. The Balaban J connectivity index is 1.30. The van der Waals surface area contributed by atoms with Crippen LogP contribution in [0.2, 0.25) is 0 Å². The van der Waals surface area contributed by atoms with Crippen LogP contribution in [0.4, 0.5) is 5.69 Å². The zero-order valence-corrected chi connectivity index (χ0v) is 21.1. The molecule has 4 aliphatic carbocycles. The van der Waals surface area contributed by atoms with Crippen LogP contribution in [0.1, 0.15) is 57.4 Å². The predicted molar refractivity (Wildman–Crippen MR) is 136 cm³/mol. The van der Waals surface area contributed by atoms with Crippen molar-refractivity contribution < 1.29 is 23.9 Å². The number of rotatable bonds is 6. The van der Waals surface area contributed by atoms with Crippen LogP contribution < -0.4 is 9.64 Å². The molecule has 1 saturated heterocycles. The van der Waals surface area contributed by atoms with Crippen LogP contribution in [-0.2, 0) is 25.7 Å². The summed E-state index contributed by atoms with van der Waals surface area (Å²) in [6.45, 7) is 1.62. The Morgan fingerprint density at radius 2 is 1.51 bits per heavy atom. The lowest BCUT2D eigenvalue weighted by Gasteiger charge is -2.57. The average Bonchev–Trinajstić information content (AvgIpc) is 3.15. The first-order valence-corrected chi connectivity index (χ1v) is 13.3. The van der Waals surface area contributed by atoms with Crippen molar-refractivity contribution in [2.24, 2.45) is 23.2 Å². The largest absolute Gasteiger partial charge is 0.427 e. The third kappa shape index (κ3) is 4.34. The summed E-state index contributed by atoms with van der Waals surface area (Å²) in [5.41, 5.74) is 0.951. The van der Waals surface area contributed by atoms with E-state index in [2.05, 4.69) is 0 Å². The highest BCUT2D eigenvalue weighted by molar-refractivity contribution is 6.23. The molecule has 7 nitrogen and oxygen atoms in total. The van der Waals surface area contributed by atoms with E-state index in [1.807, 2.05) is 30.3 Å². The van der Waals surface area contributed by atoms with E-state index >= 15 is 0 Å². The Bertz CT molecular complexity index is 1200. The molecule has 0 N–H and O–H groups in total. The standard InChI is InChI=1S/C30H32N2O5/c1-19(33)37-25-9-7-24(8-10-25)32-27(34)14-26(28(32)35)31(18-20-5-3-2-4-6-20)29(36)30-15-21-11-22(16-30)13-23(12-21)17-30/h2-10,21-23,26H,11-18H2,1H3. The highest BCUT2D eigenvalue weighted by atomic mass is 16.5. The molecule has 1 aliphatic heterocycles. The number of anilines is 1. The van der Waals surface area contributed by atoms with Crippen LogP contribution >= 0.6 is 0 Å². The summed E-state index contributed by atoms with van der Waals surface area (Å²) < 4.78 is 5.08. The van der Waals surface area contributed by atoms with Crippen molar-refractivity contribution in [2.45, 2.75) is 64.5 Å². The Morgan fingerprint density at radius 3 is 2.08 bits per heavy atom. The number of ether oxygens (including phenoxy) is 1. The van der Waals surface area contributed by atoms with E-state index in [0.29, 0.717) is 35.7 Å². The van der Waals surface area contributed by atoms with E-state index in [1.54, 1.807) is 29.2 Å². The molecule has 37 heavy (non-hydrogen) atoms. The lowest BCUT2D eigenvalue weighted by Crippen LogP contribution is -2.57. The Labute approximate surface area is 216 Å². The van der Waals surface area contributed by atoms with Gasteiger partial charge in [-0.25, -0.2) is 4.90 Å². The van der Waals surface area contributed by atoms with Gasteiger partial charge in [-0.1, -0.05) is 30.3 Å². The van der Waals surface area contributed by atoms with E-state index < -0.39 is 17.4 Å². The van der Waals surface area contributed by atoms with Gasteiger partial charge in [-0.2, -0.15) is 0 Å². The quantitative estimate of drug-likeness (QED) is 0.332.